The van der Waals surface area contributed by atoms with Gasteiger partial charge in [0.25, 0.3) is 5.56 Å². The molecule has 3 heterocycles. The molecule has 0 saturated carbocycles. The second-order valence-corrected chi connectivity index (χ2v) is 8.64. The van der Waals surface area contributed by atoms with E-state index in [0.29, 0.717) is 16.8 Å². The summed E-state index contributed by atoms with van der Waals surface area (Å²) >= 11 is 12.7. The summed E-state index contributed by atoms with van der Waals surface area (Å²) < 4.78 is 1.31. The van der Waals surface area contributed by atoms with Gasteiger partial charge in [0.2, 0.25) is 0 Å². The number of halogens is 2. The number of benzene rings is 1. The molecule has 0 radical (unpaired) electrons. The van der Waals surface area contributed by atoms with Crippen molar-refractivity contribution in [1.82, 2.24) is 19.6 Å². The van der Waals surface area contributed by atoms with Gasteiger partial charge < -0.3 is 9.80 Å². The maximum atomic E-state index is 12.9. The molecule has 0 amide bonds. The number of hydrogen-bond donors (Lipinski definition) is 0. The number of piperazine rings is 1. The second-order valence-electron chi connectivity index (χ2n) is 7.85. The summed E-state index contributed by atoms with van der Waals surface area (Å²) in [5, 5.41) is 5.20. The summed E-state index contributed by atoms with van der Waals surface area (Å²) in [7, 11) is 0. The SMILES string of the molecule is CCN1CCN(C2CCN(c3cnn(-c4ccc(C)c(Cl)c4)c(=O)c3Cl)C2)CC1. The van der Waals surface area contributed by atoms with Crippen molar-refractivity contribution in [3.8, 4) is 5.69 Å². The molecule has 0 aliphatic carbocycles. The average Bonchev–Trinajstić information content (AvgIpc) is 3.22. The van der Waals surface area contributed by atoms with Gasteiger partial charge in [-0.05, 0) is 37.6 Å². The van der Waals surface area contributed by atoms with Crippen LogP contribution in [0.3, 0.4) is 0 Å². The highest BCUT2D eigenvalue weighted by molar-refractivity contribution is 6.33. The van der Waals surface area contributed by atoms with Crippen LogP contribution in [0.1, 0.15) is 18.9 Å². The summed E-state index contributed by atoms with van der Waals surface area (Å²) in [4.78, 5) is 20.1. The van der Waals surface area contributed by atoms with Gasteiger partial charge in [-0.15, -0.1) is 0 Å². The fourth-order valence-corrected chi connectivity index (χ4v) is 4.67. The highest BCUT2D eigenvalue weighted by Crippen LogP contribution is 2.28. The summed E-state index contributed by atoms with van der Waals surface area (Å²) in [5.41, 5.74) is 1.98. The number of hydrogen-bond acceptors (Lipinski definition) is 5. The van der Waals surface area contributed by atoms with Crippen molar-refractivity contribution < 1.29 is 0 Å². The lowest BCUT2D eigenvalue weighted by Gasteiger charge is -2.37. The predicted octanol–water partition coefficient (Wildman–Crippen LogP) is 3.06. The molecule has 0 bridgehead atoms. The fourth-order valence-electron chi connectivity index (χ4n) is 4.25. The van der Waals surface area contributed by atoms with Crippen LogP contribution in [0.2, 0.25) is 10.0 Å². The van der Waals surface area contributed by atoms with Crippen molar-refractivity contribution in [2.45, 2.75) is 26.3 Å². The highest BCUT2D eigenvalue weighted by Gasteiger charge is 2.31. The van der Waals surface area contributed by atoms with Gasteiger partial charge in [0.15, 0.2) is 0 Å². The molecule has 4 rings (SSSR count). The van der Waals surface area contributed by atoms with Gasteiger partial charge in [-0.3, -0.25) is 9.69 Å². The number of aryl methyl sites for hydroxylation is 1. The number of nitrogens with zero attached hydrogens (tertiary/aromatic N) is 5. The zero-order valence-corrected chi connectivity index (χ0v) is 18.5. The minimum Gasteiger partial charge on any atom is -0.367 e. The molecular formula is C21H27Cl2N5O. The second kappa shape index (κ2) is 8.64. The average molecular weight is 436 g/mol. The van der Waals surface area contributed by atoms with Crippen LogP contribution >= 0.6 is 23.2 Å². The van der Waals surface area contributed by atoms with Gasteiger partial charge in [0, 0.05) is 50.3 Å². The Balaban J connectivity index is 1.50. The third-order valence-electron chi connectivity index (χ3n) is 6.18. The highest BCUT2D eigenvalue weighted by atomic mass is 35.5. The Hall–Kier alpha value is -1.60. The lowest BCUT2D eigenvalue weighted by molar-refractivity contribution is 0.107. The van der Waals surface area contributed by atoms with E-state index in [1.807, 2.05) is 19.1 Å². The molecule has 0 N–H and O–H groups in total. The van der Waals surface area contributed by atoms with E-state index >= 15 is 0 Å². The predicted molar refractivity (Wildman–Crippen MR) is 119 cm³/mol. The van der Waals surface area contributed by atoms with Crippen molar-refractivity contribution in [2.75, 3.05) is 50.7 Å². The maximum absolute atomic E-state index is 12.9. The minimum absolute atomic E-state index is 0.216. The van der Waals surface area contributed by atoms with Crippen LogP contribution in [0.4, 0.5) is 5.69 Å². The van der Waals surface area contributed by atoms with Gasteiger partial charge in [0.05, 0.1) is 17.6 Å². The van der Waals surface area contributed by atoms with E-state index in [0.717, 1.165) is 63.5 Å². The van der Waals surface area contributed by atoms with Crippen molar-refractivity contribution in [3.05, 3.63) is 50.4 Å². The van der Waals surface area contributed by atoms with Crippen LogP contribution < -0.4 is 10.5 Å². The standard InChI is InChI=1S/C21H27Cl2N5O/c1-3-25-8-10-26(11-9-25)17-6-7-27(14-17)19-13-24-28(21(29)20(19)23)16-5-4-15(2)18(22)12-16/h4-5,12-13,17H,3,6-11,14H2,1-2H3. The number of rotatable bonds is 4. The molecule has 2 saturated heterocycles. The zero-order valence-electron chi connectivity index (χ0n) is 16.9. The van der Waals surface area contributed by atoms with Crippen molar-refractivity contribution >= 4 is 28.9 Å². The molecule has 2 aromatic rings. The lowest BCUT2D eigenvalue weighted by Crippen LogP contribution is -2.50. The summed E-state index contributed by atoms with van der Waals surface area (Å²) in [6, 6.07) is 5.94. The lowest BCUT2D eigenvalue weighted by atomic mass is 10.2. The molecule has 2 aliphatic rings. The zero-order chi connectivity index (χ0) is 20.5. The molecule has 1 atom stereocenters. The van der Waals surface area contributed by atoms with E-state index in [4.69, 9.17) is 23.2 Å². The summed E-state index contributed by atoms with van der Waals surface area (Å²) in [6.07, 6.45) is 2.79. The van der Waals surface area contributed by atoms with Gasteiger partial charge >= 0.3 is 0 Å². The van der Waals surface area contributed by atoms with E-state index in [-0.39, 0.29) is 10.6 Å². The van der Waals surface area contributed by atoms with Gasteiger partial charge in [-0.2, -0.15) is 9.78 Å². The van der Waals surface area contributed by atoms with E-state index in [1.54, 1.807) is 12.3 Å². The van der Waals surface area contributed by atoms with Crippen LogP contribution in [-0.4, -0.2) is 71.4 Å². The largest absolute Gasteiger partial charge is 0.367 e. The van der Waals surface area contributed by atoms with Crippen molar-refractivity contribution in [1.29, 1.82) is 0 Å². The summed E-state index contributed by atoms with van der Waals surface area (Å²) in [6.45, 7) is 11.5. The van der Waals surface area contributed by atoms with Gasteiger partial charge in [-0.1, -0.05) is 36.2 Å². The molecular weight excluding hydrogens is 409 g/mol. The number of likely N-dealkylation sites (N-methyl/N-ethyl adjacent to an activating group) is 1. The molecule has 156 valence electrons. The molecule has 2 aliphatic heterocycles. The normalized spacial score (nSPS) is 21.1. The Morgan fingerprint density at radius 1 is 1.14 bits per heavy atom. The van der Waals surface area contributed by atoms with Crippen molar-refractivity contribution in [2.24, 2.45) is 0 Å². The smallest absolute Gasteiger partial charge is 0.292 e. The minimum atomic E-state index is -0.316. The third kappa shape index (κ3) is 4.17. The first-order valence-electron chi connectivity index (χ1n) is 10.2. The summed E-state index contributed by atoms with van der Waals surface area (Å²) in [5.74, 6) is 0. The molecule has 2 fully saturated rings. The Morgan fingerprint density at radius 3 is 2.59 bits per heavy atom. The topological polar surface area (TPSA) is 44.6 Å². The van der Waals surface area contributed by atoms with E-state index in [9.17, 15) is 4.79 Å². The van der Waals surface area contributed by atoms with Crippen LogP contribution in [0, 0.1) is 6.92 Å². The van der Waals surface area contributed by atoms with Crippen LogP contribution in [0.15, 0.2) is 29.2 Å². The van der Waals surface area contributed by atoms with Gasteiger partial charge in [0.1, 0.15) is 5.02 Å². The van der Waals surface area contributed by atoms with Crippen LogP contribution in [0.25, 0.3) is 5.69 Å². The number of anilines is 1. The first-order chi connectivity index (χ1) is 14.0. The van der Waals surface area contributed by atoms with Crippen LogP contribution in [-0.2, 0) is 0 Å². The first-order valence-corrected chi connectivity index (χ1v) is 11.0. The fraction of sp³-hybridized carbons (Fsp3) is 0.524. The quantitative estimate of drug-likeness (QED) is 0.737. The van der Waals surface area contributed by atoms with E-state index < -0.39 is 0 Å². The molecule has 6 nitrogen and oxygen atoms in total. The maximum Gasteiger partial charge on any atom is 0.292 e. The van der Waals surface area contributed by atoms with Crippen LogP contribution in [0.5, 0.6) is 0 Å². The number of aromatic nitrogens is 2. The molecule has 29 heavy (non-hydrogen) atoms. The first kappa shape index (κ1) is 20.7. The Kier molecular flexibility index (Phi) is 6.16. The molecule has 8 heteroatoms. The van der Waals surface area contributed by atoms with Gasteiger partial charge in [-0.25, -0.2) is 0 Å². The van der Waals surface area contributed by atoms with Crippen molar-refractivity contribution in [3.63, 3.8) is 0 Å². The van der Waals surface area contributed by atoms with E-state index in [2.05, 4.69) is 26.7 Å². The monoisotopic (exact) mass is 435 g/mol. The molecule has 1 unspecified atom stereocenters. The Bertz CT molecular complexity index is 939. The molecule has 1 aromatic carbocycles. The Labute approximate surface area is 181 Å². The third-order valence-corrected chi connectivity index (χ3v) is 6.94. The van der Waals surface area contributed by atoms with E-state index in [1.165, 1.54) is 4.68 Å². The Morgan fingerprint density at radius 2 is 1.90 bits per heavy atom. The molecule has 1 aromatic heterocycles. The molecule has 0 spiro atoms.